The van der Waals surface area contributed by atoms with Crippen molar-refractivity contribution in [3.8, 4) is 0 Å². The number of thiophene rings is 1. The fraction of sp³-hybridized carbons (Fsp3) is 0.368. The molecule has 9 heteroatoms. The number of hydrogen-bond donors (Lipinski definition) is 1. The molecule has 0 saturated heterocycles. The summed E-state index contributed by atoms with van der Waals surface area (Å²) in [5.41, 5.74) is 1.38. The van der Waals surface area contributed by atoms with Crippen molar-refractivity contribution in [3.05, 3.63) is 45.8 Å². The number of ether oxygens (including phenoxy) is 1. The molecule has 7 nitrogen and oxygen atoms in total. The number of rotatable bonds is 7. The summed E-state index contributed by atoms with van der Waals surface area (Å²) in [6.07, 6.45) is 0. The zero-order valence-electron chi connectivity index (χ0n) is 16.5. The van der Waals surface area contributed by atoms with Crippen LogP contribution in [0.15, 0.2) is 29.2 Å². The van der Waals surface area contributed by atoms with E-state index in [2.05, 4.69) is 5.32 Å². The highest BCUT2D eigenvalue weighted by Crippen LogP contribution is 2.33. The third kappa shape index (κ3) is 4.26. The molecule has 0 unspecified atom stereocenters. The SMILES string of the molecule is CCN(CC)S(=O)(=O)c1ccc(C(=O)Nc2sc(C)c(C)c2C(=O)OC)cc1. The van der Waals surface area contributed by atoms with Gasteiger partial charge >= 0.3 is 5.97 Å². The lowest BCUT2D eigenvalue weighted by molar-refractivity contribution is 0.0601. The Hall–Kier alpha value is -2.23. The first-order chi connectivity index (χ1) is 13.2. The van der Waals surface area contributed by atoms with Gasteiger partial charge in [-0.15, -0.1) is 11.3 Å². The van der Waals surface area contributed by atoms with Crippen molar-refractivity contribution in [1.82, 2.24) is 4.31 Å². The topological polar surface area (TPSA) is 92.8 Å². The molecule has 0 saturated carbocycles. The third-order valence-corrected chi connectivity index (χ3v) is 7.65. The normalized spacial score (nSPS) is 11.5. The number of hydrogen-bond acceptors (Lipinski definition) is 6. The number of sulfonamides is 1. The number of nitrogens with zero attached hydrogens (tertiary/aromatic N) is 1. The lowest BCUT2D eigenvalue weighted by Crippen LogP contribution is -2.30. The van der Waals surface area contributed by atoms with Crippen LogP contribution in [0.4, 0.5) is 5.00 Å². The number of methoxy groups -OCH3 is 1. The number of anilines is 1. The smallest absolute Gasteiger partial charge is 0.341 e. The van der Waals surface area contributed by atoms with Crippen molar-refractivity contribution in [1.29, 1.82) is 0 Å². The summed E-state index contributed by atoms with van der Waals surface area (Å²) in [7, 11) is -2.30. The number of amides is 1. The fourth-order valence-electron chi connectivity index (χ4n) is 2.73. The van der Waals surface area contributed by atoms with Gasteiger partial charge in [0.2, 0.25) is 10.0 Å². The van der Waals surface area contributed by atoms with Gasteiger partial charge in [-0.2, -0.15) is 4.31 Å². The first kappa shape index (κ1) is 22.1. The van der Waals surface area contributed by atoms with Crippen LogP contribution in [0.2, 0.25) is 0 Å². The number of carbonyl (C=O) groups excluding carboxylic acids is 2. The lowest BCUT2D eigenvalue weighted by Gasteiger charge is -2.18. The van der Waals surface area contributed by atoms with Gasteiger partial charge in [-0.1, -0.05) is 13.8 Å². The summed E-state index contributed by atoms with van der Waals surface area (Å²) >= 11 is 1.29. The first-order valence-corrected chi connectivity index (χ1v) is 11.0. The largest absolute Gasteiger partial charge is 0.465 e. The molecule has 1 amide bonds. The average Bonchev–Trinajstić information content (AvgIpc) is 2.95. The number of carbonyl (C=O) groups is 2. The van der Waals surface area contributed by atoms with E-state index in [-0.39, 0.29) is 10.5 Å². The lowest BCUT2D eigenvalue weighted by atomic mass is 10.1. The van der Waals surface area contributed by atoms with Gasteiger partial charge in [0, 0.05) is 23.5 Å². The molecule has 28 heavy (non-hydrogen) atoms. The van der Waals surface area contributed by atoms with Crippen LogP contribution in [0.25, 0.3) is 0 Å². The Kier molecular flexibility index (Phi) is 6.97. The molecule has 2 aromatic rings. The molecular weight excluding hydrogens is 400 g/mol. The molecule has 1 aromatic heterocycles. The van der Waals surface area contributed by atoms with E-state index in [4.69, 9.17) is 4.74 Å². The van der Waals surface area contributed by atoms with E-state index in [0.717, 1.165) is 10.4 Å². The molecule has 0 atom stereocenters. The number of nitrogens with one attached hydrogen (secondary N) is 1. The van der Waals surface area contributed by atoms with Crippen molar-refractivity contribution in [3.63, 3.8) is 0 Å². The van der Waals surface area contributed by atoms with E-state index in [1.54, 1.807) is 20.8 Å². The summed E-state index contributed by atoms with van der Waals surface area (Å²) in [5.74, 6) is -0.948. The van der Waals surface area contributed by atoms with Crippen molar-refractivity contribution in [2.24, 2.45) is 0 Å². The molecule has 0 aliphatic rings. The maximum absolute atomic E-state index is 12.6. The van der Waals surface area contributed by atoms with E-state index < -0.39 is 21.9 Å². The Morgan fingerprint density at radius 1 is 1.11 bits per heavy atom. The summed E-state index contributed by atoms with van der Waals surface area (Å²) in [6, 6.07) is 5.73. The van der Waals surface area contributed by atoms with Crippen LogP contribution in [0.5, 0.6) is 0 Å². The van der Waals surface area contributed by atoms with E-state index in [0.29, 0.717) is 23.7 Å². The van der Waals surface area contributed by atoms with E-state index in [1.165, 1.54) is 47.0 Å². The number of esters is 1. The molecule has 152 valence electrons. The number of benzene rings is 1. The van der Waals surface area contributed by atoms with Gasteiger partial charge in [-0.05, 0) is 43.7 Å². The Labute approximate surface area is 169 Å². The van der Waals surface area contributed by atoms with Gasteiger partial charge < -0.3 is 10.1 Å². The summed E-state index contributed by atoms with van der Waals surface area (Å²) in [5, 5.41) is 3.13. The predicted molar refractivity (Wildman–Crippen MR) is 110 cm³/mol. The van der Waals surface area contributed by atoms with Crippen LogP contribution in [0, 0.1) is 13.8 Å². The average molecular weight is 425 g/mol. The maximum atomic E-state index is 12.6. The van der Waals surface area contributed by atoms with Gasteiger partial charge in [0.15, 0.2) is 0 Å². The standard InChI is InChI=1S/C19H24N2O5S2/c1-6-21(7-2)28(24,25)15-10-8-14(9-11-15)17(22)20-18-16(19(23)26-5)12(3)13(4)27-18/h8-11H,6-7H2,1-5H3,(H,20,22). The molecule has 1 aromatic carbocycles. The van der Waals surface area contributed by atoms with Crippen LogP contribution in [-0.4, -0.2) is 44.8 Å². The van der Waals surface area contributed by atoms with Crippen LogP contribution < -0.4 is 5.32 Å². The molecule has 0 fully saturated rings. The van der Waals surface area contributed by atoms with Gasteiger partial charge in [0.1, 0.15) is 5.00 Å². The highest BCUT2D eigenvalue weighted by Gasteiger charge is 2.24. The van der Waals surface area contributed by atoms with Gasteiger partial charge in [-0.25, -0.2) is 13.2 Å². The maximum Gasteiger partial charge on any atom is 0.341 e. The zero-order chi connectivity index (χ0) is 21.1. The van der Waals surface area contributed by atoms with Crippen molar-refractivity contribution in [2.45, 2.75) is 32.6 Å². The molecule has 0 spiro atoms. The highest BCUT2D eigenvalue weighted by molar-refractivity contribution is 7.89. The van der Waals surface area contributed by atoms with Crippen LogP contribution in [0.3, 0.4) is 0 Å². The molecule has 2 rings (SSSR count). The van der Waals surface area contributed by atoms with E-state index in [1.807, 2.05) is 6.92 Å². The Morgan fingerprint density at radius 2 is 1.68 bits per heavy atom. The summed E-state index contributed by atoms with van der Waals surface area (Å²) in [4.78, 5) is 25.6. The van der Waals surface area contributed by atoms with Crippen LogP contribution >= 0.6 is 11.3 Å². The highest BCUT2D eigenvalue weighted by atomic mass is 32.2. The van der Waals surface area contributed by atoms with Gasteiger partial charge in [0.25, 0.3) is 5.91 Å². The zero-order valence-corrected chi connectivity index (χ0v) is 18.2. The second kappa shape index (κ2) is 8.85. The molecule has 1 N–H and O–H groups in total. The summed E-state index contributed by atoms with van der Waals surface area (Å²) < 4.78 is 31.2. The van der Waals surface area contributed by atoms with Crippen molar-refractivity contribution >= 4 is 38.2 Å². The number of aryl methyl sites for hydroxylation is 1. The predicted octanol–water partition coefficient (Wildman–Crippen LogP) is 3.43. The van der Waals surface area contributed by atoms with Crippen molar-refractivity contribution < 1.29 is 22.7 Å². The minimum absolute atomic E-state index is 0.130. The minimum atomic E-state index is -3.58. The van der Waals surface area contributed by atoms with E-state index >= 15 is 0 Å². The third-order valence-electron chi connectivity index (χ3n) is 4.46. The molecular formula is C19H24N2O5S2. The molecule has 0 bridgehead atoms. The fourth-order valence-corrected chi connectivity index (χ4v) is 5.23. The quantitative estimate of drug-likeness (QED) is 0.688. The second-order valence-corrected chi connectivity index (χ2v) is 9.21. The molecule has 0 aliphatic heterocycles. The second-order valence-electron chi connectivity index (χ2n) is 6.05. The van der Waals surface area contributed by atoms with Gasteiger partial charge in [-0.3, -0.25) is 4.79 Å². The Morgan fingerprint density at radius 3 is 2.18 bits per heavy atom. The Bertz CT molecular complexity index is 974. The molecule has 1 heterocycles. The molecule has 0 aliphatic carbocycles. The Balaban J connectivity index is 2.28. The molecule has 0 radical (unpaired) electrons. The van der Waals surface area contributed by atoms with Crippen molar-refractivity contribution in [2.75, 3.05) is 25.5 Å². The monoisotopic (exact) mass is 424 g/mol. The van der Waals surface area contributed by atoms with Crippen LogP contribution in [-0.2, 0) is 14.8 Å². The minimum Gasteiger partial charge on any atom is -0.465 e. The summed E-state index contributed by atoms with van der Waals surface area (Å²) in [6.45, 7) is 7.93. The van der Waals surface area contributed by atoms with Crippen LogP contribution in [0.1, 0.15) is 45.0 Å². The van der Waals surface area contributed by atoms with Gasteiger partial charge in [0.05, 0.1) is 17.6 Å². The van der Waals surface area contributed by atoms with E-state index in [9.17, 15) is 18.0 Å². The first-order valence-electron chi connectivity index (χ1n) is 8.77.